The van der Waals surface area contributed by atoms with Crippen molar-refractivity contribution in [3.05, 3.63) is 24.3 Å². The van der Waals surface area contributed by atoms with Crippen LogP contribution in [0.1, 0.15) is 6.92 Å². The van der Waals surface area contributed by atoms with E-state index in [0.29, 0.717) is 0 Å². The summed E-state index contributed by atoms with van der Waals surface area (Å²) in [6.07, 6.45) is 0. The van der Waals surface area contributed by atoms with Crippen molar-refractivity contribution >= 4 is 24.1 Å². The van der Waals surface area contributed by atoms with Gasteiger partial charge >= 0.3 is 0 Å². The van der Waals surface area contributed by atoms with Crippen molar-refractivity contribution in [2.75, 3.05) is 0 Å². The molecule has 4 nitrogen and oxygen atoms in total. The van der Waals surface area contributed by atoms with Crippen LogP contribution in [0.15, 0.2) is 29.2 Å². The van der Waals surface area contributed by atoms with Gasteiger partial charge in [-0.15, -0.1) is 0 Å². The number of aliphatic hydroxyl groups is 1. The Labute approximate surface area is 90.9 Å². The quantitative estimate of drug-likeness (QED) is 0.578. The zero-order chi connectivity index (χ0) is 11.6. The standard InChI is InChI=1S/C9H14O4SSi/c1-7(10)15(2)9-5-3-8(4-6-9)14(11,12)13/h3-7,10,15H,1-2H3,(H,11,12,13)/t7-,15+/m0/s1. The van der Waals surface area contributed by atoms with Gasteiger partial charge in [-0.05, 0) is 19.1 Å². The fourth-order valence-electron chi connectivity index (χ4n) is 1.22. The van der Waals surface area contributed by atoms with Crippen molar-refractivity contribution in [2.24, 2.45) is 0 Å². The second kappa shape index (κ2) is 4.44. The molecule has 0 heterocycles. The summed E-state index contributed by atoms with van der Waals surface area (Å²) in [5.41, 5.74) is -0.360. The van der Waals surface area contributed by atoms with Gasteiger partial charge in [-0.2, -0.15) is 8.42 Å². The molecule has 0 amide bonds. The SMILES string of the molecule is C[C@@H](O)[Si@@H](C)c1ccc(S(=O)(=O)O)cc1. The predicted molar refractivity (Wildman–Crippen MR) is 60.6 cm³/mol. The molecule has 0 saturated heterocycles. The number of aliphatic hydroxyl groups excluding tert-OH is 1. The van der Waals surface area contributed by atoms with Gasteiger partial charge in [-0.3, -0.25) is 4.55 Å². The van der Waals surface area contributed by atoms with E-state index >= 15 is 0 Å². The van der Waals surface area contributed by atoms with E-state index in [4.69, 9.17) is 4.55 Å². The molecule has 0 spiro atoms. The fourth-order valence-corrected chi connectivity index (χ4v) is 3.06. The monoisotopic (exact) mass is 246 g/mol. The number of benzene rings is 1. The first-order valence-corrected chi connectivity index (χ1v) is 8.42. The Morgan fingerprint density at radius 2 is 1.73 bits per heavy atom. The minimum absolute atomic E-state index is 0.113. The molecule has 2 atom stereocenters. The van der Waals surface area contributed by atoms with Gasteiger partial charge < -0.3 is 5.11 Å². The first-order valence-electron chi connectivity index (χ1n) is 4.58. The first kappa shape index (κ1) is 12.4. The molecule has 84 valence electrons. The lowest BCUT2D eigenvalue weighted by molar-refractivity contribution is 0.270. The minimum atomic E-state index is -4.11. The van der Waals surface area contributed by atoms with E-state index in [9.17, 15) is 13.5 Å². The van der Waals surface area contributed by atoms with Crippen LogP contribution in [-0.4, -0.2) is 32.6 Å². The van der Waals surface area contributed by atoms with Gasteiger partial charge in [0, 0.05) is 5.73 Å². The zero-order valence-corrected chi connectivity index (χ0v) is 10.6. The third-order valence-electron chi connectivity index (χ3n) is 2.43. The molecule has 15 heavy (non-hydrogen) atoms. The highest BCUT2D eigenvalue weighted by atomic mass is 32.2. The Balaban J connectivity index is 3.01. The Morgan fingerprint density at radius 3 is 2.07 bits per heavy atom. The van der Waals surface area contributed by atoms with Gasteiger partial charge in [0.1, 0.15) is 8.80 Å². The molecule has 1 aromatic carbocycles. The molecule has 2 N–H and O–H groups in total. The van der Waals surface area contributed by atoms with Crippen LogP contribution in [0.4, 0.5) is 0 Å². The molecular weight excluding hydrogens is 232 g/mol. The van der Waals surface area contributed by atoms with Crippen LogP contribution in [0.25, 0.3) is 0 Å². The van der Waals surface area contributed by atoms with Gasteiger partial charge in [0.15, 0.2) is 0 Å². The normalized spacial score (nSPS) is 16.0. The molecule has 0 unspecified atom stereocenters. The van der Waals surface area contributed by atoms with Gasteiger partial charge in [0.25, 0.3) is 10.1 Å². The summed E-state index contributed by atoms with van der Waals surface area (Å²) < 4.78 is 30.3. The highest BCUT2D eigenvalue weighted by Gasteiger charge is 2.15. The Morgan fingerprint density at radius 1 is 1.27 bits per heavy atom. The maximum Gasteiger partial charge on any atom is 0.294 e. The van der Waals surface area contributed by atoms with E-state index in [1.807, 2.05) is 6.55 Å². The molecule has 0 aliphatic carbocycles. The molecule has 0 aliphatic rings. The van der Waals surface area contributed by atoms with Gasteiger partial charge in [-0.25, -0.2) is 0 Å². The van der Waals surface area contributed by atoms with Crippen molar-refractivity contribution in [3.63, 3.8) is 0 Å². The second-order valence-corrected chi connectivity index (χ2v) is 8.20. The molecule has 0 saturated carbocycles. The summed E-state index contributed by atoms with van der Waals surface area (Å²) in [5.74, 6) is 0. The molecule has 0 fully saturated rings. The predicted octanol–water partition coefficient (Wildman–Crippen LogP) is -0.0828. The van der Waals surface area contributed by atoms with Crippen molar-refractivity contribution in [2.45, 2.75) is 24.1 Å². The van der Waals surface area contributed by atoms with Crippen LogP contribution in [-0.2, 0) is 10.1 Å². The minimum Gasteiger partial charge on any atom is -0.397 e. The van der Waals surface area contributed by atoms with Crippen molar-refractivity contribution in [1.29, 1.82) is 0 Å². The van der Waals surface area contributed by atoms with Crippen molar-refractivity contribution < 1.29 is 18.1 Å². The summed E-state index contributed by atoms with van der Waals surface area (Å²) in [7, 11) is -5.54. The number of rotatable bonds is 3. The third kappa shape index (κ3) is 3.13. The second-order valence-electron chi connectivity index (χ2n) is 3.57. The van der Waals surface area contributed by atoms with Gasteiger partial charge in [0.2, 0.25) is 0 Å². The highest BCUT2D eigenvalue weighted by molar-refractivity contribution is 7.85. The van der Waals surface area contributed by atoms with E-state index in [2.05, 4.69) is 0 Å². The molecule has 0 aliphatic heterocycles. The molecule has 1 aromatic rings. The average Bonchev–Trinajstić information content (AvgIpc) is 2.15. The molecule has 0 bridgehead atoms. The van der Waals surface area contributed by atoms with E-state index < -0.39 is 18.9 Å². The van der Waals surface area contributed by atoms with Crippen LogP contribution in [0.2, 0.25) is 6.55 Å². The molecule has 0 radical (unpaired) electrons. The third-order valence-corrected chi connectivity index (χ3v) is 6.18. The molecule has 1 rings (SSSR count). The average molecular weight is 246 g/mol. The Hall–Kier alpha value is -0.693. The smallest absolute Gasteiger partial charge is 0.294 e. The molecular formula is C9H14O4SSi. The van der Waals surface area contributed by atoms with E-state index in [-0.39, 0.29) is 10.6 Å². The number of hydrogen-bond acceptors (Lipinski definition) is 3. The lowest BCUT2D eigenvalue weighted by atomic mass is 10.4. The first-order chi connectivity index (χ1) is 6.82. The van der Waals surface area contributed by atoms with Gasteiger partial charge in [0.05, 0.1) is 4.90 Å². The Kier molecular flexibility index (Phi) is 3.66. The maximum absolute atomic E-state index is 10.8. The maximum atomic E-state index is 10.8. The van der Waals surface area contributed by atoms with E-state index in [1.54, 1.807) is 19.1 Å². The number of hydrogen-bond donors (Lipinski definition) is 2. The highest BCUT2D eigenvalue weighted by Crippen LogP contribution is 2.06. The van der Waals surface area contributed by atoms with Crippen LogP contribution in [0, 0.1) is 0 Å². The lowest BCUT2D eigenvalue weighted by Gasteiger charge is -2.13. The fraction of sp³-hybridized carbons (Fsp3) is 0.333. The Bertz CT molecular complexity index is 424. The van der Waals surface area contributed by atoms with Crippen LogP contribution < -0.4 is 5.19 Å². The van der Waals surface area contributed by atoms with E-state index in [0.717, 1.165) is 5.19 Å². The summed E-state index contributed by atoms with van der Waals surface area (Å²) >= 11 is 0. The van der Waals surface area contributed by atoms with Crippen molar-refractivity contribution in [3.8, 4) is 0 Å². The lowest BCUT2D eigenvalue weighted by Crippen LogP contribution is -2.37. The van der Waals surface area contributed by atoms with Crippen molar-refractivity contribution in [1.82, 2.24) is 0 Å². The zero-order valence-electron chi connectivity index (χ0n) is 8.58. The topological polar surface area (TPSA) is 74.6 Å². The summed E-state index contributed by atoms with van der Waals surface area (Å²) in [6, 6.07) is 6.01. The summed E-state index contributed by atoms with van der Waals surface area (Å²) in [5, 5.41) is 10.4. The summed E-state index contributed by atoms with van der Waals surface area (Å²) in [6.45, 7) is 3.71. The largest absolute Gasteiger partial charge is 0.397 e. The molecule has 0 aromatic heterocycles. The van der Waals surface area contributed by atoms with Crippen LogP contribution in [0.3, 0.4) is 0 Å². The molecule has 6 heteroatoms. The van der Waals surface area contributed by atoms with Crippen LogP contribution >= 0.6 is 0 Å². The van der Waals surface area contributed by atoms with Gasteiger partial charge in [-0.1, -0.05) is 23.9 Å². The summed E-state index contributed by atoms with van der Waals surface area (Å²) in [4.78, 5) is -0.113. The van der Waals surface area contributed by atoms with E-state index in [1.165, 1.54) is 12.1 Å². The van der Waals surface area contributed by atoms with Crippen LogP contribution in [0.5, 0.6) is 0 Å².